The van der Waals surface area contributed by atoms with Crippen molar-refractivity contribution in [1.29, 1.82) is 0 Å². The molecule has 0 amide bonds. The molecule has 3 heteroatoms. The second kappa shape index (κ2) is 5.81. The second-order valence-electron chi connectivity index (χ2n) is 5.49. The van der Waals surface area contributed by atoms with Gasteiger partial charge in [0.1, 0.15) is 5.75 Å². The molecular formula is C17H21NO2. The Morgan fingerprint density at radius 1 is 1.25 bits per heavy atom. The SMILES string of the molecule is CO[C@H]1CCN(CCc2cccc3cccc(O)c23)C1. The molecule has 0 spiro atoms. The topological polar surface area (TPSA) is 32.7 Å². The maximum absolute atomic E-state index is 10.1. The van der Waals surface area contributed by atoms with Crippen molar-refractivity contribution >= 4 is 10.8 Å². The predicted molar refractivity (Wildman–Crippen MR) is 81.2 cm³/mol. The van der Waals surface area contributed by atoms with Crippen LogP contribution in [0.4, 0.5) is 0 Å². The number of aromatic hydroxyl groups is 1. The van der Waals surface area contributed by atoms with Gasteiger partial charge in [0.15, 0.2) is 0 Å². The quantitative estimate of drug-likeness (QED) is 0.928. The van der Waals surface area contributed by atoms with E-state index in [0.29, 0.717) is 11.9 Å². The number of methoxy groups -OCH3 is 1. The van der Waals surface area contributed by atoms with Crippen molar-refractivity contribution < 1.29 is 9.84 Å². The Kier molecular flexibility index (Phi) is 3.90. The van der Waals surface area contributed by atoms with Crippen LogP contribution in [0.25, 0.3) is 10.8 Å². The minimum absolute atomic E-state index is 0.384. The maximum atomic E-state index is 10.1. The number of nitrogens with zero attached hydrogens (tertiary/aromatic N) is 1. The monoisotopic (exact) mass is 271 g/mol. The summed E-state index contributed by atoms with van der Waals surface area (Å²) in [6.07, 6.45) is 2.47. The highest BCUT2D eigenvalue weighted by Gasteiger charge is 2.21. The number of phenols is 1. The number of rotatable bonds is 4. The molecule has 1 aliphatic heterocycles. The lowest BCUT2D eigenvalue weighted by Gasteiger charge is -2.16. The molecule has 0 aromatic heterocycles. The van der Waals surface area contributed by atoms with E-state index in [4.69, 9.17) is 4.74 Å². The van der Waals surface area contributed by atoms with E-state index in [1.165, 1.54) is 5.56 Å². The van der Waals surface area contributed by atoms with E-state index in [2.05, 4.69) is 29.2 Å². The number of phenolic OH excluding ortho intramolecular Hbond substituents is 1. The molecule has 0 saturated carbocycles. The van der Waals surface area contributed by atoms with Gasteiger partial charge in [0.05, 0.1) is 6.10 Å². The van der Waals surface area contributed by atoms with Gasteiger partial charge >= 0.3 is 0 Å². The molecule has 3 rings (SSSR count). The van der Waals surface area contributed by atoms with Crippen molar-refractivity contribution in [3.63, 3.8) is 0 Å². The van der Waals surface area contributed by atoms with Crippen LogP contribution in [0.3, 0.4) is 0 Å². The summed E-state index contributed by atoms with van der Waals surface area (Å²) in [5.41, 5.74) is 1.22. The molecule has 1 atom stereocenters. The summed E-state index contributed by atoms with van der Waals surface area (Å²) in [5.74, 6) is 0.384. The first-order chi connectivity index (χ1) is 9.78. The minimum atomic E-state index is 0.384. The van der Waals surface area contributed by atoms with Crippen LogP contribution in [0.15, 0.2) is 36.4 Å². The van der Waals surface area contributed by atoms with E-state index in [1.54, 1.807) is 13.2 Å². The molecule has 2 aromatic rings. The van der Waals surface area contributed by atoms with Crippen molar-refractivity contribution in [2.45, 2.75) is 18.9 Å². The number of fused-ring (bicyclic) bond motifs is 1. The normalized spacial score (nSPS) is 19.8. The summed E-state index contributed by atoms with van der Waals surface area (Å²) in [6.45, 7) is 3.15. The van der Waals surface area contributed by atoms with Crippen LogP contribution in [0.2, 0.25) is 0 Å². The standard InChI is InChI=1S/C17H21NO2/c1-20-15-9-11-18(12-15)10-8-14-5-2-4-13-6-3-7-16(19)17(13)14/h2-7,15,19H,8-12H2,1H3/t15-/m0/s1. The lowest BCUT2D eigenvalue weighted by atomic mass is 10.0. The Labute approximate surface area is 119 Å². The smallest absolute Gasteiger partial charge is 0.123 e. The molecule has 0 unspecified atom stereocenters. The fraction of sp³-hybridized carbons (Fsp3) is 0.412. The Morgan fingerprint density at radius 3 is 2.80 bits per heavy atom. The zero-order valence-corrected chi connectivity index (χ0v) is 11.9. The second-order valence-corrected chi connectivity index (χ2v) is 5.49. The average Bonchev–Trinajstić information content (AvgIpc) is 2.93. The number of benzene rings is 2. The van der Waals surface area contributed by atoms with Crippen molar-refractivity contribution in [3.05, 3.63) is 42.0 Å². The Hall–Kier alpha value is -1.58. The summed E-state index contributed by atoms with van der Waals surface area (Å²) in [5, 5.41) is 12.2. The largest absolute Gasteiger partial charge is 0.507 e. The van der Waals surface area contributed by atoms with Gasteiger partial charge in [-0.2, -0.15) is 0 Å². The lowest BCUT2D eigenvalue weighted by molar-refractivity contribution is 0.108. The predicted octanol–water partition coefficient (Wildman–Crippen LogP) is 2.81. The van der Waals surface area contributed by atoms with Gasteiger partial charge in [0, 0.05) is 32.1 Å². The molecule has 0 bridgehead atoms. The molecule has 3 nitrogen and oxygen atoms in total. The molecule has 1 heterocycles. The molecule has 1 N–H and O–H groups in total. The molecular weight excluding hydrogens is 250 g/mol. The van der Waals surface area contributed by atoms with Crippen LogP contribution >= 0.6 is 0 Å². The van der Waals surface area contributed by atoms with Crippen LogP contribution in [0.1, 0.15) is 12.0 Å². The third-order valence-electron chi connectivity index (χ3n) is 4.23. The first-order valence-electron chi connectivity index (χ1n) is 7.22. The Morgan fingerprint density at radius 2 is 2.05 bits per heavy atom. The van der Waals surface area contributed by atoms with Gasteiger partial charge < -0.3 is 14.7 Å². The van der Waals surface area contributed by atoms with E-state index < -0.39 is 0 Å². The average molecular weight is 271 g/mol. The van der Waals surface area contributed by atoms with Gasteiger partial charge in [-0.1, -0.05) is 30.3 Å². The third kappa shape index (κ3) is 2.65. The molecule has 1 aliphatic rings. The van der Waals surface area contributed by atoms with Crippen LogP contribution in [0, 0.1) is 0 Å². The molecule has 0 radical (unpaired) electrons. The number of hydrogen-bond donors (Lipinski definition) is 1. The summed E-state index contributed by atoms with van der Waals surface area (Å²) < 4.78 is 5.40. The summed E-state index contributed by atoms with van der Waals surface area (Å²) in [7, 11) is 1.79. The van der Waals surface area contributed by atoms with Gasteiger partial charge in [-0.15, -0.1) is 0 Å². The van der Waals surface area contributed by atoms with Crippen molar-refractivity contribution in [3.8, 4) is 5.75 Å². The first-order valence-corrected chi connectivity index (χ1v) is 7.22. The van der Waals surface area contributed by atoms with Crippen molar-refractivity contribution in [1.82, 2.24) is 4.90 Å². The van der Waals surface area contributed by atoms with Crippen LogP contribution in [-0.2, 0) is 11.2 Å². The van der Waals surface area contributed by atoms with Crippen LogP contribution < -0.4 is 0 Å². The van der Waals surface area contributed by atoms with E-state index >= 15 is 0 Å². The van der Waals surface area contributed by atoms with E-state index in [-0.39, 0.29) is 0 Å². The number of likely N-dealkylation sites (tertiary alicyclic amines) is 1. The fourth-order valence-corrected chi connectivity index (χ4v) is 3.08. The first kappa shape index (κ1) is 13.4. The fourth-order valence-electron chi connectivity index (χ4n) is 3.08. The van der Waals surface area contributed by atoms with Crippen molar-refractivity contribution in [2.24, 2.45) is 0 Å². The van der Waals surface area contributed by atoms with Crippen LogP contribution in [-0.4, -0.2) is 42.9 Å². The molecule has 20 heavy (non-hydrogen) atoms. The molecule has 2 aromatic carbocycles. The highest BCUT2D eigenvalue weighted by atomic mass is 16.5. The summed E-state index contributed by atoms with van der Waals surface area (Å²) in [6, 6.07) is 11.9. The highest BCUT2D eigenvalue weighted by Crippen LogP contribution is 2.28. The van der Waals surface area contributed by atoms with Gasteiger partial charge in [-0.05, 0) is 29.9 Å². The summed E-state index contributed by atoms with van der Waals surface area (Å²) in [4.78, 5) is 2.44. The molecule has 1 saturated heterocycles. The van der Waals surface area contributed by atoms with Gasteiger partial charge in [-0.25, -0.2) is 0 Å². The van der Waals surface area contributed by atoms with Gasteiger partial charge in [-0.3, -0.25) is 0 Å². The molecule has 0 aliphatic carbocycles. The van der Waals surface area contributed by atoms with Gasteiger partial charge in [0.2, 0.25) is 0 Å². The molecule has 106 valence electrons. The zero-order chi connectivity index (χ0) is 13.9. The van der Waals surface area contributed by atoms with E-state index in [0.717, 1.165) is 43.2 Å². The van der Waals surface area contributed by atoms with E-state index in [1.807, 2.05) is 6.07 Å². The lowest BCUT2D eigenvalue weighted by Crippen LogP contribution is -2.25. The van der Waals surface area contributed by atoms with Crippen molar-refractivity contribution in [2.75, 3.05) is 26.7 Å². The minimum Gasteiger partial charge on any atom is -0.507 e. The molecule has 1 fully saturated rings. The number of hydrogen-bond acceptors (Lipinski definition) is 3. The van der Waals surface area contributed by atoms with E-state index in [9.17, 15) is 5.11 Å². The Bertz CT molecular complexity index is 591. The summed E-state index contributed by atoms with van der Waals surface area (Å²) >= 11 is 0. The van der Waals surface area contributed by atoms with Crippen LogP contribution in [0.5, 0.6) is 5.75 Å². The zero-order valence-electron chi connectivity index (χ0n) is 11.9. The third-order valence-corrected chi connectivity index (χ3v) is 4.23. The Balaban J connectivity index is 1.75. The van der Waals surface area contributed by atoms with Gasteiger partial charge in [0.25, 0.3) is 0 Å². The maximum Gasteiger partial charge on any atom is 0.123 e. The highest BCUT2D eigenvalue weighted by molar-refractivity contribution is 5.91. The number of ether oxygens (including phenoxy) is 1.